The van der Waals surface area contributed by atoms with Gasteiger partial charge in [0, 0.05) is 31.5 Å². The van der Waals surface area contributed by atoms with Crippen molar-refractivity contribution in [1.82, 2.24) is 9.55 Å². The van der Waals surface area contributed by atoms with Crippen LogP contribution in [0.4, 0.5) is 5.69 Å². The number of benzene rings is 1. The molecule has 0 saturated carbocycles. The van der Waals surface area contributed by atoms with E-state index in [1.807, 2.05) is 0 Å². The van der Waals surface area contributed by atoms with Gasteiger partial charge in [-0.1, -0.05) is 6.92 Å². The number of fused-ring (bicyclic) bond motifs is 1. The van der Waals surface area contributed by atoms with Gasteiger partial charge in [-0.15, -0.1) is 0 Å². The van der Waals surface area contributed by atoms with Crippen molar-refractivity contribution in [2.45, 2.75) is 32.7 Å². The third-order valence-electron chi connectivity index (χ3n) is 3.27. The Labute approximate surface area is 120 Å². The van der Waals surface area contributed by atoms with Crippen molar-refractivity contribution in [2.24, 2.45) is 0 Å². The zero-order valence-corrected chi connectivity index (χ0v) is 11.6. The van der Waals surface area contributed by atoms with E-state index in [1.165, 1.54) is 29.1 Å². The van der Waals surface area contributed by atoms with Crippen LogP contribution in [-0.4, -0.2) is 20.3 Å². The number of non-ortho nitro benzene ring substituents is 1. The molecule has 0 atom stereocenters. The summed E-state index contributed by atoms with van der Waals surface area (Å²) in [5.41, 5.74) is -0.0422. The second-order valence-corrected chi connectivity index (χ2v) is 4.70. The summed E-state index contributed by atoms with van der Waals surface area (Å²) in [7, 11) is 0. The van der Waals surface area contributed by atoms with Crippen LogP contribution in [0.5, 0.6) is 0 Å². The van der Waals surface area contributed by atoms with E-state index < -0.39 is 4.92 Å². The fourth-order valence-corrected chi connectivity index (χ4v) is 2.04. The topological polar surface area (TPSA) is 95.1 Å². The molecule has 1 aromatic carbocycles. The third-order valence-corrected chi connectivity index (χ3v) is 3.27. The third kappa shape index (κ3) is 3.31. The number of rotatable bonds is 6. The van der Waals surface area contributed by atoms with Gasteiger partial charge in [-0.2, -0.15) is 0 Å². The Morgan fingerprint density at radius 1 is 1.43 bits per heavy atom. The van der Waals surface area contributed by atoms with Crippen LogP contribution in [0.1, 0.15) is 26.2 Å². The van der Waals surface area contributed by atoms with E-state index >= 15 is 0 Å². The van der Waals surface area contributed by atoms with Crippen LogP contribution in [0.25, 0.3) is 10.9 Å². The molecule has 2 aromatic rings. The lowest BCUT2D eigenvalue weighted by atomic mass is 10.2. The van der Waals surface area contributed by atoms with Gasteiger partial charge in [0.1, 0.15) is 5.78 Å². The van der Waals surface area contributed by atoms with Crippen LogP contribution in [0.15, 0.2) is 29.3 Å². The van der Waals surface area contributed by atoms with Crippen LogP contribution in [0.2, 0.25) is 0 Å². The highest BCUT2D eigenvalue weighted by Crippen LogP contribution is 2.16. The number of nitro groups is 1. The molecule has 0 amide bonds. The second kappa shape index (κ2) is 6.25. The fraction of sp³-hybridized carbons (Fsp3) is 0.357. The highest BCUT2D eigenvalue weighted by molar-refractivity contribution is 5.80. The maximum absolute atomic E-state index is 12.3. The Kier molecular flexibility index (Phi) is 4.42. The summed E-state index contributed by atoms with van der Waals surface area (Å²) in [6.07, 6.45) is 2.86. The highest BCUT2D eigenvalue weighted by Gasteiger charge is 2.10. The summed E-state index contributed by atoms with van der Waals surface area (Å²) in [6.45, 7) is 2.17. The molecule has 0 aliphatic carbocycles. The van der Waals surface area contributed by atoms with Crippen molar-refractivity contribution in [3.05, 3.63) is 45.0 Å². The predicted octanol–water partition coefficient (Wildman–Crippen LogP) is 2.06. The van der Waals surface area contributed by atoms with Crippen molar-refractivity contribution in [2.75, 3.05) is 0 Å². The minimum absolute atomic E-state index is 0.139. The van der Waals surface area contributed by atoms with E-state index in [0.29, 0.717) is 31.3 Å². The Hall–Kier alpha value is -2.57. The number of carbonyl (C=O) groups is 1. The highest BCUT2D eigenvalue weighted by atomic mass is 16.6. The molecule has 0 unspecified atom stereocenters. The van der Waals surface area contributed by atoms with Gasteiger partial charge < -0.3 is 0 Å². The molecule has 7 heteroatoms. The monoisotopic (exact) mass is 289 g/mol. The smallest absolute Gasteiger partial charge is 0.270 e. The number of aryl methyl sites for hydroxylation is 1. The van der Waals surface area contributed by atoms with Crippen molar-refractivity contribution < 1.29 is 9.72 Å². The van der Waals surface area contributed by atoms with Crippen molar-refractivity contribution in [3.63, 3.8) is 0 Å². The first-order chi connectivity index (χ1) is 10.0. The van der Waals surface area contributed by atoms with Crippen LogP contribution in [0, 0.1) is 10.1 Å². The lowest BCUT2D eigenvalue weighted by Gasteiger charge is -2.06. The zero-order chi connectivity index (χ0) is 15.4. The molecule has 0 saturated heterocycles. The van der Waals surface area contributed by atoms with Gasteiger partial charge in [0.15, 0.2) is 0 Å². The maximum Gasteiger partial charge on any atom is 0.270 e. The minimum Gasteiger partial charge on any atom is -0.300 e. The molecule has 2 rings (SSSR count). The van der Waals surface area contributed by atoms with Crippen molar-refractivity contribution in [1.29, 1.82) is 0 Å². The molecule has 0 radical (unpaired) electrons. The van der Waals surface area contributed by atoms with Gasteiger partial charge in [0.25, 0.3) is 11.2 Å². The summed E-state index contributed by atoms with van der Waals surface area (Å²) in [6, 6.07) is 4.01. The molecule has 110 valence electrons. The van der Waals surface area contributed by atoms with E-state index in [-0.39, 0.29) is 22.4 Å². The first-order valence-electron chi connectivity index (χ1n) is 6.68. The second-order valence-electron chi connectivity index (χ2n) is 4.70. The lowest BCUT2D eigenvalue weighted by molar-refractivity contribution is -0.384. The SMILES string of the molecule is CCC(=O)CCCn1cnc2ccc([N+](=O)[O-])cc2c1=O. The Bertz CT molecular complexity index is 751. The van der Waals surface area contributed by atoms with Crippen LogP contribution in [0.3, 0.4) is 0 Å². The first-order valence-corrected chi connectivity index (χ1v) is 6.68. The molecule has 0 fully saturated rings. The number of hydrogen-bond donors (Lipinski definition) is 0. The van der Waals surface area contributed by atoms with Gasteiger partial charge in [-0.05, 0) is 12.5 Å². The van der Waals surface area contributed by atoms with Crippen molar-refractivity contribution in [3.8, 4) is 0 Å². The van der Waals surface area contributed by atoms with Gasteiger partial charge in [0.2, 0.25) is 0 Å². The van der Waals surface area contributed by atoms with E-state index in [2.05, 4.69) is 4.98 Å². The molecular formula is C14H15N3O4. The number of carbonyl (C=O) groups excluding carboxylic acids is 1. The van der Waals surface area contributed by atoms with Crippen molar-refractivity contribution >= 4 is 22.4 Å². The quantitative estimate of drug-likeness (QED) is 0.599. The normalized spacial score (nSPS) is 10.7. The molecule has 0 aliphatic heterocycles. The Balaban J connectivity index is 2.29. The van der Waals surface area contributed by atoms with Gasteiger partial charge in [-0.25, -0.2) is 4.98 Å². The number of nitro benzene ring substituents is 1. The average Bonchev–Trinajstić information content (AvgIpc) is 2.49. The van der Waals surface area contributed by atoms with Crippen LogP contribution < -0.4 is 5.56 Å². The molecular weight excluding hydrogens is 274 g/mol. The van der Waals surface area contributed by atoms with Gasteiger partial charge in [-0.3, -0.25) is 24.3 Å². The minimum atomic E-state index is -0.546. The molecule has 1 aromatic heterocycles. The molecule has 0 aliphatic rings. The molecule has 0 bridgehead atoms. The fourth-order valence-electron chi connectivity index (χ4n) is 2.04. The van der Waals surface area contributed by atoms with Crippen LogP contribution >= 0.6 is 0 Å². The summed E-state index contributed by atoms with van der Waals surface area (Å²) >= 11 is 0. The zero-order valence-electron chi connectivity index (χ0n) is 11.6. The van der Waals surface area contributed by atoms with Gasteiger partial charge >= 0.3 is 0 Å². The van der Waals surface area contributed by atoms with E-state index in [1.54, 1.807) is 6.92 Å². The summed E-state index contributed by atoms with van der Waals surface area (Å²) < 4.78 is 1.38. The average molecular weight is 289 g/mol. The summed E-state index contributed by atoms with van der Waals surface area (Å²) in [5.74, 6) is 0.146. The first kappa shape index (κ1) is 14.8. The van der Waals surface area contributed by atoms with Gasteiger partial charge in [0.05, 0.1) is 22.2 Å². The Morgan fingerprint density at radius 2 is 2.19 bits per heavy atom. The lowest BCUT2D eigenvalue weighted by Crippen LogP contribution is -2.21. The van der Waals surface area contributed by atoms with E-state index in [9.17, 15) is 19.7 Å². The van der Waals surface area contributed by atoms with E-state index in [4.69, 9.17) is 0 Å². The predicted molar refractivity (Wildman–Crippen MR) is 77.2 cm³/mol. The Morgan fingerprint density at radius 3 is 2.86 bits per heavy atom. The van der Waals surface area contributed by atoms with Crippen LogP contribution in [-0.2, 0) is 11.3 Å². The number of ketones is 1. The van der Waals surface area contributed by atoms with E-state index in [0.717, 1.165) is 0 Å². The number of Topliss-reactive ketones (excluding diaryl/α,β-unsaturated/α-hetero) is 1. The number of aromatic nitrogens is 2. The molecule has 21 heavy (non-hydrogen) atoms. The molecule has 1 heterocycles. The number of hydrogen-bond acceptors (Lipinski definition) is 5. The summed E-state index contributed by atoms with van der Waals surface area (Å²) in [5, 5.41) is 11.0. The summed E-state index contributed by atoms with van der Waals surface area (Å²) in [4.78, 5) is 37.8. The molecule has 7 nitrogen and oxygen atoms in total. The number of nitrogens with zero attached hydrogens (tertiary/aromatic N) is 3. The molecule has 0 N–H and O–H groups in total. The molecule has 0 spiro atoms. The standard InChI is InChI=1S/C14H15N3O4/c1-2-11(18)4-3-7-16-9-15-13-6-5-10(17(20)21)8-12(13)14(16)19/h5-6,8-9H,2-4,7H2,1H3. The maximum atomic E-state index is 12.3. The largest absolute Gasteiger partial charge is 0.300 e.